The zero-order valence-corrected chi connectivity index (χ0v) is 16.1. The largest absolute Gasteiger partial charge is 0.347 e. The van der Waals surface area contributed by atoms with Gasteiger partial charge in [0, 0.05) is 23.0 Å². The third kappa shape index (κ3) is 4.04. The molecular formula is C17H21BrClN5O. The number of carbonyl (C=O) groups excluding carboxylic acids is 1. The van der Waals surface area contributed by atoms with Gasteiger partial charge in [0.25, 0.3) is 5.91 Å². The van der Waals surface area contributed by atoms with Crippen molar-refractivity contribution in [3.63, 3.8) is 0 Å². The molecule has 1 unspecified atom stereocenters. The number of amides is 1. The molecule has 0 radical (unpaired) electrons. The molecule has 1 atom stereocenters. The van der Waals surface area contributed by atoms with E-state index in [-0.39, 0.29) is 24.4 Å². The average Bonchev–Trinajstić information content (AvgIpc) is 3.34. The summed E-state index contributed by atoms with van der Waals surface area (Å²) < 4.78 is 2.83. The predicted molar refractivity (Wildman–Crippen MR) is 102 cm³/mol. The van der Waals surface area contributed by atoms with Crippen LogP contribution >= 0.6 is 28.3 Å². The van der Waals surface area contributed by atoms with Crippen molar-refractivity contribution < 1.29 is 4.79 Å². The van der Waals surface area contributed by atoms with E-state index in [9.17, 15) is 4.79 Å². The van der Waals surface area contributed by atoms with Gasteiger partial charge < -0.3 is 10.6 Å². The SMILES string of the molecule is Cl.O=C(NC1CCCNC1)c1nnn(-c2ccc(Br)cc2)c1C1CC1. The highest BCUT2D eigenvalue weighted by atomic mass is 79.9. The summed E-state index contributed by atoms with van der Waals surface area (Å²) in [4.78, 5) is 12.7. The van der Waals surface area contributed by atoms with Crippen LogP contribution in [0.4, 0.5) is 0 Å². The van der Waals surface area contributed by atoms with Crippen LogP contribution in [0.25, 0.3) is 5.69 Å². The van der Waals surface area contributed by atoms with Crippen LogP contribution in [0.15, 0.2) is 28.7 Å². The second kappa shape index (κ2) is 7.85. The van der Waals surface area contributed by atoms with E-state index in [2.05, 4.69) is 36.9 Å². The Hall–Kier alpha value is -1.44. The molecule has 1 saturated carbocycles. The summed E-state index contributed by atoms with van der Waals surface area (Å²) in [6.45, 7) is 1.85. The number of aromatic nitrogens is 3. The predicted octanol–water partition coefficient (Wildman–Crippen LogP) is 2.81. The molecule has 2 N–H and O–H groups in total. The Morgan fingerprint density at radius 1 is 1.24 bits per heavy atom. The van der Waals surface area contributed by atoms with Crippen LogP contribution in [0.5, 0.6) is 0 Å². The van der Waals surface area contributed by atoms with Gasteiger partial charge in [-0.3, -0.25) is 4.79 Å². The molecule has 1 saturated heterocycles. The Kier molecular flexibility index (Phi) is 5.76. The fourth-order valence-electron chi connectivity index (χ4n) is 3.18. The van der Waals surface area contributed by atoms with Crippen molar-refractivity contribution >= 4 is 34.2 Å². The lowest BCUT2D eigenvalue weighted by Gasteiger charge is -2.23. The Balaban J connectivity index is 0.00000182. The summed E-state index contributed by atoms with van der Waals surface area (Å²) in [6.07, 6.45) is 4.29. The highest BCUT2D eigenvalue weighted by Crippen LogP contribution is 2.42. The number of piperidine rings is 1. The minimum atomic E-state index is -0.103. The molecule has 0 bridgehead atoms. The smallest absolute Gasteiger partial charge is 0.274 e. The van der Waals surface area contributed by atoms with Gasteiger partial charge in [-0.05, 0) is 56.5 Å². The molecule has 1 aliphatic heterocycles. The molecule has 25 heavy (non-hydrogen) atoms. The molecule has 1 amide bonds. The lowest BCUT2D eigenvalue weighted by Crippen LogP contribution is -2.45. The summed E-state index contributed by atoms with van der Waals surface area (Å²) >= 11 is 3.45. The van der Waals surface area contributed by atoms with Crippen LogP contribution in [0.3, 0.4) is 0 Å². The van der Waals surface area contributed by atoms with Gasteiger partial charge in [-0.15, -0.1) is 17.5 Å². The first-order valence-electron chi connectivity index (χ1n) is 8.45. The number of benzene rings is 1. The van der Waals surface area contributed by atoms with E-state index in [0.717, 1.165) is 54.6 Å². The van der Waals surface area contributed by atoms with Crippen LogP contribution in [0.1, 0.15) is 47.8 Å². The molecule has 2 aliphatic rings. The fourth-order valence-corrected chi connectivity index (χ4v) is 3.44. The van der Waals surface area contributed by atoms with Crippen molar-refractivity contribution in [2.45, 2.75) is 37.6 Å². The van der Waals surface area contributed by atoms with Crippen molar-refractivity contribution in [2.75, 3.05) is 13.1 Å². The Bertz CT molecular complexity index is 738. The molecule has 6 nitrogen and oxygen atoms in total. The lowest BCUT2D eigenvalue weighted by molar-refractivity contribution is 0.0924. The molecule has 134 valence electrons. The van der Waals surface area contributed by atoms with E-state index >= 15 is 0 Å². The molecule has 1 aromatic heterocycles. The van der Waals surface area contributed by atoms with Crippen molar-refractivity contribution in [1.29, 1.82) is 0 Å². The van der Waals surface area contributed by atoms with Crippen LogP contribution in [0, 0.1) is 0 Å². The number of rotatable bonds is 4. The van der Waals surface area contributed by atoms with Crippen molar-refractivity contribution in [3.8, 4) is 5.69 Å². The molecule has 8 heteroatoms. The van der Waals surface area contributed by atoms with E-state index in [1.165, 1.54) is 0 Å². The van der Waals surface area contributed by atoms with Gasteiger partial charge in [0.05, 0.1) is 11.4 Å². The first-order valence-corrected chi connectivity index (χ1v) is 9.25. The Morgan fingerprint density at radius 2 is 2.00 bits per heavy atom. The third-order valence-electron chi connectivity index (χ3n) is 4.59. The second-order valence-corrected chi connectivity index (χ2v) is 7.42. The second-order valence-electron chi connectivity index (χ2n) is 6.50. The van der Waals surface area contributed by atoms with Gasteiger partial charge in [0.2, 0.25) is 0 Å². The number of halogens is 2. The summed E-state index contributed by atoms with van der Waals surface area (Å²) in [5, 5.41) is 14.9. The van der Waals surface area contributed by atoms with Crippen LogP contribution < -0.4 is 10.6 Å². The molecule has 1 aliphatic carbocycles. The first-order chi connectivity index (χ1) is 11.7. The Morgan fingerprint density at radius 3 is 2.64 bits per heavy atom. The number of carbonyl (C=O) groups is 1. The normalized spacial score (nSPS) is 20.0. The molecule has 2 fully saturated rings. The zero-order valence-electron chi connectivity index (χ0n) is 13.7. The van der Waals surface area contributed by atoms with E-state index in [1.54, 1.807) is 0 Å². The van der Waals surface area contributed by atoms with Gasteiger partial charge in [-0.1, -0.05) is 21.1 Å². The highest BCUT2D eigenvalue weighted by molar-refractivity contribution is 9.10. The van der Waals surface area contributed by atoms with Gasteiger partial charge in [-0.2, -0.15) is 0 Å². The van der Waals surface area contributed by atoms with Crippen molar-refractivity contribution in [2.24, 2.45) is 0 Å². The monoisotopic (exact) mass is 425 g/mol. The van der Waals surface area contributed by atoms with Crippen molar-refractivity contribution in [3.05, 3.63) is 40.1 Å². The average molecular weight is 427 g/mol. The third-order valence-corrected chi connectivity index (χ3v) is 5.12. The maximum atomic E-state index is 12.7. The quantitative estimate of drug-likeness (QED) is 0.788. The summed E-state index contributed by atoms with van der Waals surface area (Å²) in [5.74, 6) is 0.280. The Labute approximate surface area is 161 Å². The number of nitrogens with one attached hydrogen (secondary N) is 2. The minimum absolute atomic E-state index is 0. The lowest BCUT2D eigenvalue weighted by atomic mass is 10.1. The van der Waals surface area contributed by atoms with Crippen LogP contribution in [-0.2, 0) is 0 Å². The molecule has 1 aromatic carbocycles. The van der Waals surface area contributed by atoms with Gasteiger partial charge in [0.15, 0.2) is 5.69 Å². The minimum Gasteiger partial charge on any atom is -0.347 e. The number of hydrogen-bond acceptors (Lipinski definition) is 4. The summed E-state index contributed by atoms with van der Waals surface area (Å²) in [5.41, 5.74) is 2.36. The van der Waals surface area contributed by atoms with Gasteiger partial charge in [-0.25, -0.2) is 4.68 Å². The zero-order chi connectivity index (χ0) is 16.5. The first kappa shape index (κ1) is 18.4. The summed E-state index contributed by atoms with van der Waals surface area (Å²) in [7, 11) is 0. The molecule has 2 heterocycles. The highest BCUT2D eigenvalue weighted by Gasteiger charge is 2.34. The number of nitrogens with zero attached hydrogens (tertiary/aromatic N) is 3. The molecule has 2 aromatic rings. The van der Waals surface area contributed by atoms with E-state index in [1.807, 2.05) is 28.9 Å². The topological polar surface area (TPSA) is 71.8 Å². The molecule has 4 rings (SSSR count). The van der Waals surface area contributed by atoms with Gasteiger partial charge in [0.1, 0.15) is 0 Å². The van der Waals surface area contributed by atoms with Crippen molar-refractivity contribution in [1.82, 2.24) is 25.6 Å². The van der Waals surface area contributed by atoms with E-state index in [4.69, 9.17) is 0 Å². The standard InChI is InChI=1S/C17H20BrN5O.ClH/c18-12-5-7-14(8-6-12)23-16(11-3-4-11)15(21-22-23)17(24)20-13-2-1-9-19-10-13;/h5-8,11,13,19H,1-4,9-10H2,(H,20,24);1H. The maximum absolute atomic E-state index is 12.7. The summed E-state index contributed by atoms with van der Waals surface area (Å²) in [6, 6.07) is 8.09. The maximum Gasteiger partial charge on any atom is 0.274 e. The number of hydrogen-bond donors (Lipinski definition) is 2. The van der Waals surface area contributed by atoms with Crippen LogP contribution in [0.2, 0.25) is 0 Å². The fraction of sp³-hybridized carbons (Fsp3) is 0.471. The van der Waals surface area contributed by atoms with Gasteiger partial charge >= 0.3 is 0 Å². The van der Waals surface area contributed by atoms with E-state index in [0.29, 0.717) is 11.6 Å². The molecular weight excluding hydrogens is 406 g/mol. The van der Waals surface area contributed by atoms with E-state index < -0.39 is 0 Å². The molecule has 0 spiro atoms. The van der Waals surface area contributed by atoms with Crippen LogP contribution in [-0.4, -0.2) is 40.0 Å².